The Balaban J connectivity index is 2.18. The van der Waals surface area contributed by atoms with Crippen LogP contribution < -0.4 is 4.74 Å². The van der Waals surface area contributed by atoms with Gasteiger partial charge in [-0.1, -0.05) is 0 Å². The molecular formula is C13H12FNO2S. The molecule has 1 aromatic carbocycles. The van der Waals surface area contributed by atoms with Gasteiger partial charge in [0.05, 0.1) is 24.2 Å². The van der Waals surface area contributed by atoms with E-state index in [0.29, 0.717) is 5.56 Å². The van der Waals surface area contributed by atoms with Crippen LogP contribution in [0.4, 0.5) is 4.39 Å². The summed E-state index contributed by atoms with van der Waals surface area (Å²) >= 11 is 1.50. The molecule has 0 bridgehead atoms. The Labute approximate surface area is 108 Å². The lowest BCUT2D eigenvalue weighted by molar-refractivity contribution is 0.0991. The molecule has 0 saturated heterocycles. The molecule has 2 rings (SSSR count). The van der Waals surface area contributed by atoms with Crippen LogP contribution in [0.25, 0.3) is 0 Å². The molecule has 94 valence electrons. The SMILES string of the molecule is COc1cc(C(=O)Cc2csc(C)n2)ccc1F. The second kappa shape index (κ2) is 5.27. The Kier molecular flexibility index (Phi) is 3.72. The van der Waals surface area contributed by atoms with Gasteiger partial charge in [0, 0.05) is 10.9 Å². The standard InChI is InChI=1S/C13H12FNO2S/c1-8-15-10(7-18-8)6-12(16)9-3-4-11(14)13(5-9)17-2/h3-5,7H,6H2,1-2H3. The number of carbonyl (C=O) groups is 1. The number of aryl methyl sites for hydroxylation is 1. The number of thiazole rings is 1. The Morgan fingerprint density at radius 1 is 1.50 bits per heavy atom. The quantitative estimate of drug-likeness (QED) is 0.798. The van der Waals surface area contributed by atoms with Gasteiger partial charge in [-0.2, -0.15) is 0 Å². The first-order chi connectivity index (χ1) is 8.60. The predicted octanol–water partition coefficient (Wildman–Crippen LogP) is 3.02. The number of aromatic nitrogens is 1. The van der Waals surface area contributed by atoms with Crippen molar-refractivity contribution in [2.75, 3.05) is 7.11 Å². The number of benzene rings is 1. The van der Waals surface area contributed by atoms with Crippen LogP contribution in [-0.2, 0) is 6.42 Å². The number of hydrogen-bond donors (Lipinski definition) is 0. The summed E-state index contributed by atoms with van der Waals surface area (Å²) < 4.78 is 18.1. The first-order valence-electron chi connectivity index (χ1n) is 5.38. The van der Waals surface area contributed by atoms with Gasteiger partial charge in [0.25, 0.3) is 0 Å². The van der Waals surface area contributed by atoms with Crippen LogP contribution in [-0.4, -0.2) is 17.9 Å². The highest BCUT2D eigenvalue weighted by Gasteiger charge is 2.12. The third-order valence-electron chi connectivity index (χ3n) is 2.48. The number of Topliss-reactive ketones (excluding diaryl/α,β-unsaturated/α-hetero) is 1. The molecule has 5 heteroatoms. The highest BCUT2D eigenvalue weighted by molar-refractivity contribution is 7.09. The van der Waals surface area contributed by atoms with E-state index in [1.54, 1.807) is 0 Å². The van der Waals surface area contributed by atoms with Gasteiger partial charge in [-0.25, -0.2) is 9.37 Å². The van der Waals surface area contributed by atoms with Gasteiger partial charge in [0.2, 0.25) is 0 Å². The van der Waals surface area contributed by atoms with Crippen LogP contribution in [0.5, 0.6) is 5.75 Å². The van der Waals surface area contributed by atoms with Crippen molar-refractivity contribution in [2.45, 2.75) is 13.3 Å². The Hall–Kier alpha value is -1.75. The van der Waals surface area contributed by atoms with Gasteiger partial charge in [0.1, 0.15) is 0 Å². The zero-order valence-electron chi connectivity index (χ0n) is 10.1. The highest BCUT2D eigenvalue weighted by Crippen LogP contribution is 2.19. The number of halogens is 1. The zero-order valence-corrected chi connectivity index (χ0v) is 10.9. The van der Waals surface area contributed by atoms with Crippen molar-refractivity contribution in [1.29, 1.82) is 0 Å². The molecule has 1 heterocycles. The van der Waals surface area contributed by atoms with Gasteiger partial charge in [-0.15, -0.1) is 11.3 Å². The topological polar surface area (TPSA) is 39.2 Å². The van der Waals surface area contributed by atoms with E-state index in [1.165, 1.54) is 36.6 Å². The van der Waals surface area contributed by atoms with Crippen molar-refractivity contribution >= 4 is 17.1 Å². The minimum atomic E-state index is -0.474. The van der Waals surface area contributed by atoms with E-state index < -0.39 is 5.82 Å². The lowest BCUT2D eigenvalue weighted by atomic mass is 10.1. The number of carbonyl (C=O) groups excluding carboxylic acids is 1. The highest BCUT2D eigenvalue weighted by atomic mass is 32.1. The van der Waals surface area contributed by atoms with Crippen molar-refractivity contribution in [3.8, 4) is 5.75 Å². The number of nitrogens with zero attached hydrogens (tertiary/aromatic N) is 1. The zero-order chi connectivity index (χ0) is 13.1. The van der Waals surface area contributed by atoms with E-state index in [2.05, 4.69) is 4.98 Å². The molecule has 0 atom stereocenters. The third-order valence-corrected chi connectivity index (χ3v) is 3.30. The molecule has 3 nitrogen and oxygen atoms in total. The maximum Gasteiger partial charge on any atom is 0.168 e. The molecule has 2 aromatic rings. The van der Waals surface area contributed by atoms with Crippen LogP contribution in [0, 0.1) is 12.7 Å². The minimum Gasteiger partial charge on any atom is -0.494 e. The molecule has 0 unspecified atom stereocenters. The fourth-order valence-corrected chi connectivity index (χ4v) is 2.20. The molecular weight excluding hydrogens is 253 g/mol. The van der Waals surface area contributed by atoms with Gasteiger partial charge in [-0.05, 0) is 25.1 Å². The van der Waals surface area contributed by atoms with E-state index in [9.17, 15) is 9.18 Å². The summed E-state index contributed by atoms with van der Waals surface area (Å²) in [6.45, 7) is 1.89. The van der Waals surface area contributed by atoms with Gasteiger partial charge < -0.3 is 4.74 Å². The van der Waals surface area contributed by atoms with E-state index in [0.717, 1.165) is 10.7 Å². The second-order valence-electron chi connectivity index (χ2n) is 3.81. The van der Waals surface area contributed by atoms with E-state index in [4.69, 9.17) is 4.74 Å². The van der Waals surface area contributed by atoms with Crippen molar-refractivity contribution in [3.63, 3.8) is 0 Å². The number of hydrogen-bond acceptors (Lipinski definition) is 4. The predicted molar refractivity (Wildman–Crippen MR) is 67.8 cm³/mol. The molecule has 0 aliphatic rings. The fraction of sp³-hybridized carbons (Fsp3) is 0.231. The molecule has 0 saturated carbocycles. The molecule has 0 radical (unpaired) electrons. The Morgan fingerprint density at radius 3 is 2.89 bits per heavy atom. The number of ketones is 1. The largest absolute Gasteiger partial charge is 0.494 e. The van der Waals surface area contributed by atoms with Gasteiger partial charge >= 0.3 is 0 Å². The van der Waals surface area contributed by atoms with Crippen LogP contribution >= 0.6 is 11.3 Å². The molecule has 18 heavy (non-hydrogen) atoms. The maximum absolute atomic E-state index is 13.2. The smallest absolute Gasteiger partial charge is 0.168 e. The Bertz CT molecular complexity index is 580. The molecule has 0 N–H and O–H groups in total. The summed E-state index contributed by atoms with van der Waals surface area (Å²) in [5.41, 5.74) is 1.17. The molecule has 0 fully saturated rings. The summed E-state index contributed by atoms with van der Waals surface area (Å²) in [4.78, 5) is 16.2. The van der Waals surface area contributed by atoms with Gasteiger partial charge in [-0.3, -0.25) is 4.79 Å². The molecule has 0 aliphatic heterocycles. The maximum atomic E-state index is 13.2. The molecule has 1 aromatic heterocycles. The van der Waals surface area contributed by atoms with Crippen molar-refractivity contribution in [3.05, 3.63) is 45.7 Å². The van der Waals surface area contributed by atoms with Gasteiger partial charge in [0.15, 0.2) is 17.3 Å². The monoisotopic (exact) mass is 265 g/mol. The van der Waals surface area contributed by atoms with Crippen LogP contribution in [0.2, 0.25) is 0 Å². The molecule has 0 spiro atoms. The number of rotatable bonds is 4. The van der Waals surface area contributed by atoms with Crippen LogP contribution in [0.3, 0.4) is 0 Å². The molecule has 0 aliphatic carbocycles. The van der Waals surface area contributed by atoms with E-state index in [-0.39, 0.29) is 18.0 Å². The summed E-state index contributed by atoms with van der Waals surface area (Å²) in [5.74, 6) is -0.493. The average molecular weight is 265 g/mol. The summed E-state index contributed by atoms with van der Waals surface area (Å²) in [5, 5.41) is 2.78. The summed E-state index contributed by atoms with van der Waals surface area (Å²) in [6.07, 6.45) is 0.221. The molecule has 0 amide bonds. The number of ether oxygens (including phenoxy) is 1. The van der Waals surface area contributed by atoms with Crippen molar-refractivity contribution in [2.24, 2.45) is 0 Å². The first-order valence-corrected chi connectivity index (χ1v) is 6.26. The normalized spacial score (nSPS) is 10.4. The summed E-state index contributed by atoms with van der Waals surface area (Å²) in [6, 6.07) is 4.11. The lowest BCUT2D eigenvalue weighted by Gasteiger charge is -2.04. The third kappa shape index (κ3) is 2.73. The van der Waals surface area contributed by atoms with E-state index in [1.807, 2.05) is 12.3 Å². The lowest BCUT2D eigenvalue weighted by Crippen LogP contribution is -2.04. The van der Waals surface area contributed by atoms with Crippen molar-refractivity contribution < 1.29 is 13.9 Å². The summed E-state index contributed by atoms with van der Waals surface area (Å²) in [7, 11) is 1.37. The second-order valence-corrected chi connectivity index (χ2v) is 4.87. The fourth-order valence-electron chi connectivity index (χ4n) is 1.59. The van der Waals surface area contributed by atoms with Crippen LogP contribution in [0.15, 0.2) is 23.6 Å². The van der Waals surface area contributed by atoms with Crippen LogP contribution in [0.1, 0.15) is 21.1 Å². The van der Waals surface area contributed by atoms with E-state index >= 15 is 0 Å². The average Bonchev–Trinajstić information content (AvgIpc) is 2.75. The minimum absolute atomic E-state index is 0.0790. The Morgan fingerprint density at radius 2 is 2.28 bits per heavy atom. The number of methoxy groups -OCH3 is 1. The van der Waals surface area contributed by atoms with Crippen molar-refractivity contribution in [1.82, 2.24) is 4.98 Å². The first kappa shape index (κ1) is 12.7.